The number of aryl methyl sites for hydroxylation is 9. The van der Waals surface area contributed by atoms with Crippen LogP contribution in [0.15, 0.2) is 197 Å². The minimum atomic E-state index is -2.48. The van der Waals surface area contributed by atoms with E-state index in [1.165, 1.54) is 62.7 Å². The van der Waals surface area contributed by atoms with Crippen LogP contribution < -0.4 is 23.8 Å². The lowest BCUT2D eigenvalue weighted by Gasteiger charge is -2.46. The van der Waals surface area contributed by atoms with Gasteiger partial charge in [0, 0.05) is 100 Å². The Morgan fingerprint density at radius 3 is 1.51 bits per heavy atom. The number of hydrogen-bond donors (Lipinski definition) is 0. The van der Waals surface area contributed by atoms with Crippen molar-refractivity contribution in [1.29, 1.82) is 0 Å². The van der Waals surface area contributed by atoms with Crippen molar-refractivity contribution in [3.63, 3.8) is 0 Å². The Balaban J connectivity index is 0.000000125. The standard InChI is InChI=1S/C25H32N2O.C22H28N2O.C17H23N2.C17H17N2.C11H13N2/c1-16-9-11-19-20-12-10-17(2)26-23(20)28-22(19)21(16)27-18(3)25(15-24(27,4)5)13-7-6-8-14-25;1-13-8-10-16-17-11-9-14(2)23-20(17)25-19(16)18(13)24-15(3)21(4,5)12-22(24,6)7;1-12-8-7-9-13-15(12)19-14(10-11-18(19)6)17(4,5)16(13,2)3;1-14-8-6-7-11-16(14)19-13-12-17(18(19)2)15-9-4-3-5-10-15;1-10-6-3-4-7-11(10)13-9-5-8-12(13)2/h9-12,18H,6-8,13-15H2,1-5H3;8-11,15H,12H2,1-7H3;7-11H,1-6H3;3-13H,1-2H3;3-9H,1-2H3/q;;3*+1/i15D2;4D3,12D2;;;. The Hall–Kier alpha value is -9.55. The van der Waals surface area contributed by atoms with E-state index in [0.717, 1.165) is 86.7 Å². The van der Waals surface area contributed by atoms with Crippen LogP contribution in [0.25, 0.3) is 72.5 Å². The van der Waals surface area contributed by atoms with E-state index >= 15 is 0 Å². The second kappa shape index (κ2) is 27.5. The average Bonchev–Trinajstić information content (AvgIpc) is 1.56. The highest BCUT2D eigenvalue weighted by Gasteiger charge is 2.55. The van der Waals surface area contributed by atoms with E-state index in [2.05, 4.69) is 273 Å². The number of nitrogens with zero attached hydrogens (tertiary/aromatic N) is 10. The van der Waals surface area contributed by atoms with Gasteiger partial charge in [-0.1, -0.05) is 158 Å². The van der Waals surface area contributed by atoms with E-state index in [-0.39, 0.29) is 22.3 Å². The van der Waals surface area contributed by atoms with Crippen LogP contribution in [0.3, 0.4) is 0 Å². The summed E-state index contributed by atoms with van der Waals surface area (Å²) >= 11 is 0. The van der Waals surface area contributed by atoms with Crippen LogP contribution in [-0.2, 0) is 32.0 Å². The fourth-order valence-corrected chi connectivity index (χ4v) is 17.4. The van der Waals surface area contributed by atoms with Crippen LogP contribution in [0.5, 0.6) is 0 Å². The van der Waals surface area contributed by atoms with E-state index in [9.17, 15) is 2.74 Å². The number of benzene rings is 6. The average molecular weight is 1400 g/mol. The third-order valence-corrected chi connectivity index (χ3v) is 23.6. The number of hydrogen-bond acceptors (Lipinski definition) is 6. The smallest absolute Gasteiger partial charge is 0.238 e. The van der Waals surface area contributed by atoms with Crippen molar-refractivity contribution in [1.82, 2.24) is 24.0 Å². The first kappa shape index (κ1) is 64.1. The van der Waals surface area contributed by atoms with Crippen LogP contribution in [0.4, 0.5) is 11.4 Å². The summed E-state index contributed by atoms with van der Waals surface area (Å²) in [6.45, 7) is 34.7. The third kappa shape index (κ3) is 12.8. The predicted octanol–water partition coefficient (Wildman–Crippen LogP) is 21.0. The van der Waals surface area contributed by atoms with E-state index in [0.29, 0.717) is 17.0 Å². The molecule has 104 heavy (non-hydrogen) atoms. The summed E-state index contributed by atoms with van der Waals surface area (Å²) in [4.78, 5) is 13.4. The monoisotopic (exact) mass is 1400 g/mol. The zero-order chi connectivity index (χ0) is 80.4. The molecule has 17 rings (SSSR count). The van der Waals surface area contributed by atoms with Gasteiger partial charge in [0.1, 0.15) is 17.1 Å². The van der Waals surface area contributed by atoms with Crippen LogP contribution >= 0.6 is 0 Å². The molecule has 1 aliphatic carbocycles. The van der Waals surface area contributed by atoms with Crippen molar-refractivity contribution >= 4 is 55.5 Å². The van der Waals surface area contributed by atoms with Crippen LogP contribution in [0.2, 0.25) is 0 Å². The van der Waals surface area contributed by atoms with Gasteiger partial charge in [-0.25, -0.2) is 9.97 Å². The SMILES string of the molecule is Cc1cccc2c1-n1c(cc[n+]1C)C(C)(C)C2(C)C.Cc1ccccc1-n1ccc(-c2ccccc2)[n+]1C.Cc1ccccc1-n1ccc[n+]1C.[2H]C([2H])([2H])C1(C)C(C)N(c2c(C)ccc3c2oc2nc(C)ccc23)C(C)(C)C1([2H])[2H].[2H]C1([2H])C2(CCCCC2)C(C)N(c2c(C)ccc3c2oc2nc(C)ccc23)C1(C)C. The predicted molar refractivity (Wildman–Crippen MR) is 429 cm³/mol. The second-order valence-electron chi connectivity index (χ2n) is 32.1. The van der Waals surface area contributed by atoms with Crippen molar-refractivity contribution < 1.29 is 32.5 Å². The highest BCUT2D eigenvalue weighted by atomic mass is 16.3. The Kier molecular flexibility index (Phi) is 16.9. The number of furan rings is 2. The Labute approximate surface area is 628 Å². The summed E-state index contributed by atoms with van der Waals surface area (Å²) < 4.78 is 86.8. The van der Waals surface area contributed by atoms with Gasteiger partial charge >= 0.3 is 0 Å². The molecular formula is C92H113N10O2+3. The molecule has 1 spiro atoms. The minimum absolute atomic E-state index is 0.0926. The van der Waals surface area contributed by atoms with Gasteiger partial charge in [0.2, 0.25) is 17.1 Å². The lowest BCUT2D eigenvalue weighted by Crippen LogP contribution is -2.51. The second-order valence-corrected chi connectivity index (χ2v) is 32.1. The number of fused-ring (bicyclic) bond motifs is 9. The molecule has 0 N–H and O–H groups in total. The zero-order valence-corrected chi connectivity index (χ0v) is 65.4. The molecule has 12 heteroatoms. The van der Waals surface area contributed by atoms with Crippen molar-refractivity contribution in [2.75, 3.05) is 9.80 Å². The molecule has 0 bridgehead atoms. The molecule has 3 fully saturated rings. The number of aromatic nitrogens is 8. The topological polar surface area (TPSA) is 85.0 Å². The summed E-state index contributed by atoms with van der Waals surface area (Å²) in [5, 5.41) is 3.87. The summed E-state index contributed by atoms with van der Waals surface area (Å²) in [6.07, 6.45) is 10.4. The fraction of sp³-hybridized carbons (Fsp3) is 0.402. The number of pyridine rings is 2. The number of anilines is 2. The number of rotatable bonds is 5. The molecule has 0 amide bonds. The molecular weight excluding hydrogens is 1280 g/mol. The molecule has 12 nitrogen and oxygen atoms in total. The van der Waals surface area contributed by atoms with Gasteiger partial charge in [0.05, 0.1) is 29.5 Å². The molecule has 13 aromatic rings. The van der Waals surface area contributed by atoms with E-state index in [1.54, 1.807) is 20.8 Å². The van der Waals surface area contributed by atoms with Crippen molar-refractivity contribution in [2.45, 2.75) is 210 Å². The maximum atomic E-state index is 9.34. The maximum absolute atomic E-state index is 9.34. The lowest BCUT2D eigenvalue weighted by molar-refractivity contribution is -0.745. The summed E-state index contributed by atoms with van der Waals surface area (Å²) in [5.41, 5.74) is 17.8. The highest BCUT2D eigenvalue weighted by molar-refractivity contribution is 6.10. The van der Waals surface area contributed by atoms with Gasteiger partial charge < -0.3 is 18.6 Å². The highest BCUT2D eigenvalue weighted by Crippen LogP contribution is 2.58. The summed E-state index contributed by atoms with van der Waals surface area (Å²) in [5.74, 6) is 0. The van der Waals surface area contributed by atoms with Gasteiger partial charge in [0.25, 0.3) is 0 Å². The van der Waals surface area contributed by atoms with Gasteiger partial charge in [-0.05, 0) is 208 Å². The van der Waals surface area contributed by atoms with Gasteiger partial charge in [0.15, 0.2) is 44.7 Å². The van der Waals surface area contributed by atoms with Crippen LogP contribution in [-0.4, -0.2) is 47.2 Å². The molecule has 4 aliphatic rings. The fourth-order valence-electron chi connectivity index (χ4n) is 17.4. The molecule has 1 saturated carbocycles. The molecule has 3 aliphatic heterocycles. The van der Waals surface area contributed by atoms with Crippen molar-refractivity contribution in [3.05, 3.63) is 239 Å². The van der Waals surface area contributed by atoms with E-state index < -0.39 is 42.1 Å². The van der Waals surface area contributed by atoms with Gasteiger partial charge in [-0.2, -0.15) is 0 Å². The normalized spacial score (nSPS) is 21.5. The van der Waals surface area contributed by atoms with Crippen LogP contribution in [0, 0.1) is 59.3 Å². The molecule has 2 saturated heterocycles. The van der Waals surface area contributed by atoms with Crippen molar-refractivity contribution in [3.8, 4) is 28.3 Å². The van der Waals surface area contributed by atoms with E-state index in [4.69, 9.17) is 15.7 Å². The molecule has 0 radical (unpaired) electrons. The summed E-state index contributed by atoms with van der Waals surface area (Å²) in [6, 6.07) is 56.1. The van der Waals surface area contributed by atoms with Gasteiger partial charge in [-0.15, -0.1) is 28.1 Å². The number of para-hydroxylation sites is 3. The third-order valence-electron chi connectivity index (χ3n) is 23.6. The first-order chi connectivity index (χ1) is 52.1. The molecule has 3 unspecified atom stereocenters. The largest absolute Gasteiger partial charge is 0.436 e. The Morgan fingerprint density at radius 1 is 0.462 bits per heavy atom. The quantitative estimate of drug-likeness (QED) is 0.160. The summed E-state index contributed by atoms with van der Waals surface area (Å²) in [7, 11) is 6.25. The van der Waals surface area contributed by atoms with E-state index in [1.807, 2.05) is 88.3 Å². The zero-order valence-electron chi connectivity index (χ0n) is 72.4. The molecule has 10 heterocycles. The molecule has 6 aromatic carbocycles. The molecule has 540 valence electrons. The van der Waals surface area contributed by atoms with Gasteiger partial charge in [-0.3, -0.25) is 0 Å². The maximum Gasteiger partial charge on any atom is 0.238 e. The Morgan fingerprint density at radius 2 is 0.971 bits per heavy atom. The first-order valence-electron chi connectivity index (χ1n) is 40.8. The molecule has 7 aromatic heterocycles. The minimum Gasteiger partial charge on any atom is -0.436 e. The Bertz CT molecular complexity index is 5650. The lowest BCUT2D eigenvalue weighted by atomic mass is 9.60. The van der Waals surface area contributed by atoms with Crippen molar-refractivity contribution in [2.24, 2.45) is 32.0 Å². The molecule has 3 atom stereocenters. The first-order valence-corrected chi connectivity index (χ1v) is 37.3. The van der Waals surface area contributed by atoms with Crippen LogP contribution in [0.1, 0.15) is 188 Å².